The first-order valence-corrected chi connectivity index (χ1v) is 9.09. The molecule has 0 radical (unpaired) electrons. The van der Waals surface area contributed by atoms with Crippen molar-refractivity contribution in [2.24, 2.45) is 11.8 Å². The van der Waals surface area contributed by atoms with Crippen LogP contribution in [0.3, 0.4) is 0 Å². The Labute approximate surface area is 139 Å². The molecule has 1 aromatic rings. The van der Waals surface area contributed by atoms with Crippen molar-refractivity contribution in [2.75, 3.05) is 0 Å². The number of rotatable bonds is 2. The number of benzene rings is 1. The van der Waals surface area contributed by atoms with Crippen LogP contribution in [0, 0.1) is 11.8 Å². The van der Waals surface area contributed by atoms with E-state index in [1.807, 2.05) is 11.8 Å². The maximum absolute atomic E-state index is 11.5. The summed E-state index contributed by atoms with van der Waals surface area (Å²) in [6, 6.07) is 8.51. The molecule has 5 heteroatoms. The molecule has 6 atom stereocenters. The van der Waals surface area contributed by atoms with Crippen molar-refractivity contribution in [1.29, 1.82) is 0 Å². The average Bonchev–Trinajstić information content (AvgIpc) is 3.06. The molecule has 2 heterocycles. The maximum Gasteiger partial charge on any atom is 0.302 e. The highest BCUT2D eigenvalue weighted by atomic mass is 32.2. The van der Waals surface area contributed by atoms with E-state index in [1.54, 1.807) is 0 Å². The quantitative estimate of drug-likeness (QED) is 0.777. The Morgan fingerprint density at radius 2 is 1.35 bits per heavy atom. The van der Waals surface area contributed by atoms with Gasteiger partial charge in [-0.1, -0.05) is 24.3 Å². The van der Waals surface area contributed by atoms with Gasteiger partial charge in [0.05, 0.1) is 0 Å². The minimum absolute atomic E-state index is 0.0693. The van der Waals surface area contributed by atoms with Crippen molar-refractivity contribution in [3.05, 3.63) is 35.4 Å². The van der Waals surface area contributed by atoms with Crippen LogP contribution in [-0.2, 0) is 19.1 Å². The second-order valence-electron chi connectivity index (χ2n) is 6.63. The fourth-order valence-corrected chi connectivity index (χ4v) is 6.75. The van der Waals surface area contributed by atoms with E-state index in [1.165, 1.54) is 25.0 Å². The number of hydrogen-bond donors (Lipinski definition) is 0. The van der Waals surface area contributed by atoms with Crippen molar-refractivity contribution in [3.8, 4) is 0 Å². The second-order valence-corrected chi connectivity index (χ2v) is 7.92. The number of thioether (sulfide) groups is 1. The van der Waals surface area contributed by atoms with E-state index in [9.17, 15) is 9.59 Å². The van der Waals surface area contributed by atoms with Crippen molar-refractivity contribution < 1.29 is 19.1 Å². The van der Waals surface area contributed by atoms with Crippen molar-refractivity contribution >= 4 is 23.7 Å². The van der Waals surface area contributed by atoms with E-state index in [2.05, 4.69) is 24.3 Å². The molecule has 2 bridgehead atoms. The van der Waals surface area contributed by atoms with E-state index in [0.717, 1.165) is 12.8 Å². The van der Waals surface area contributed by atoms with E-state index >= 15 is 0 Å². The highest BCUT2D eigenvalue weighted by Gasteiger charge is 2.59. The van der Waals surface area contributed by atoms with Gasteiger partial charge in [-0.25, -0.2) is 0 Å². The van der Waals surface area contributed by atoms with Crippen LogP contribution in [-0.4, -0.2) is 24.1 Å². The highest BCUT2D eigenvalue weighted by Crippen LogP contribution is 2.70. The molecule has 2 unspecified atom stereocenters. The predicted molar refractivity (Wildman–Crippen MR) is 86.8 cm³/mol. The van der Waals surface area contributed by atoms with E-state index < -0.39 is 0 Å². The van der Waals surface area contributed by atoms with Crippen LogP contribution in [0.2, 0.25) is 0 Å². The first kappa shape index (κ1) is 15.1. The molecule has 1 saturated carbocycles. The SMILES string of the molecule is CC(=O)OC1CCC(OC(C)=O)[C@H]2[C@@H]1[C@@H]1S[C@H]2c2ccccc21. The van der Waals surface area contributed by atoms with E-state index in [4.69, 9.17) is 9.47 Å². The fraction of sp³-hybridized carbons (Fsp3) is 0.556. The molecule has 1 saturated heterocycles. The minimum atomic E-state index is -0.222. The molecule has 2 aliphatic heterocycles. The number of carbonyl (C=O) groups is 2. The average molecular weight is 332 g/mol. The molecule has 0 N–H and O–H groups in total. The van der Waals surface area contributed by atoms with Crippen molar-refractivity contribution in [2.45, 2.75) is 49.4 Å². The first-order chi connectivity index (χ1) is 11.1. The molecular formula is C18H20O4S. The predicted octanol–water partition coefficient (Wildman–Crippen LogP) is 3.42. The Hall–Kier alpha value is -1.49. The molecule has 0 amide bonds. The summed E-state index contributed by atoms with van der Waals surface area (Å²) in [5.41, 5.74) is 2.73. The summed E-state index contributed by atoms with van der Waals surface area (Å²) in [7, 11) is 0. The Bertz CT molecular complexity index is 603. The molecule has 122 valence electrons. The normalized spacial score (nSPS) is 37.0. The van der Waals surface area contributed by atoms with Gasteiger partial charge in [-0.05, 0) is 24.0 Å². The molecule has 0 spiro atoms. The first-order valence-electron chi connectivity index (χ1n) is 8.15. The topological polar surface area (TPSA) is 52.6 Å². The van der Waals surface area contributed by atoms with Crippen molar-refractivity contribution in [1.82, 2.24) is 0 Å². The van der Waals surface area contributed by atoms with Gasteiger partial charge in [0.1, 0.15) is 12.2 Å². The zero-order chi connectivity index (χ0) is 16.1. The second kappa shape index (κ2) is 5.55. The van der Waals surface area contributed by atoms with Crippen molar-refractivity contribution in [3.63, 3.8) is 0 Å². The van der Waals surface area contributed by atoms with Gasteiger partial charge in [0.25, 0.3) is 0 Å². The molecule has 4 nitrogen and oxygen atoms in total. The Kier molecular flexibility index (Phi) is 3.63. The van der Waals surface area contributed by atoms with Gasteiger partial charge >= 0.3 is 11.9 Å². The number of fused-ring (bicyclic) bond motifs is 8. The third kappa shape index (κ3) is 2.36. The summed E-state index contributed by atoms with van der Waals surface area (Å²) in [4.78, 5) is 23.0. The van der Waals surface area contributed by atoms with Crippen LogP contribution in [0.25, 0.3) is 0 Å². The zero-order valence-corrected chi connectivity index (χ0v) is 14.0. The van der Waals surface area contributed by atoms with Crippen LogP contribution in [0.5, 0.6) is 0 Å². The molecule has 4 rings (SSSR count). The Balaban J connectivity index is 1.71. The lowest BCUT2D eigenvalue weighted by molar-refractivity contribution is -0.166. The molecule has 1 aromatic carbocycles. The van der Waals surface area contributed by atoms with Crippen LogP contribution < -0.4 is 0 Å². The molecule has 3 aliphatic rings. The largest absolute Gasteiger partial charge is 0.462 e. The number of carbonyl (C=O) groups excluding carboxylic acids is 2. The lowest BCUT2D eigenvalue weighted by Gasteiger charge is -2.43. The molecule has 2 fully saturated rings. The summed E-state index contributed by atoms with van der Waals surface area (Å²) in [5, 5.41) is 0.674. The van der Waals surface area contributed by atoms with E-state index in [-0.39, 0.29) is 36.0 Å². The summed E-state index contributed by atoms with van der Waals surface area (Å²) in [6.45, 7) is 2.95. The Morgan fingerprint density at radius 3 is 1.74 bits per heavy atom. The third-order valence-electron chi connectivity index (χ3n) is 5.27. The summed E-state index contributed by atoms with van der Waals surface area (Å²) in [6.07, 6.45) is 1.40. The van der Waals surface area contributed by atoms with E-state index in [0.29, 0.717) is 10.5 Å². The van der Waals surface area contributed by atoms with Gasteiger partial charge in [-0.2, -0.15) is 0 Å². The van der Waals surface area contributed by atoms with Gasteiger partial charge in [-0.3, -0.25) is 9.59 Å². The van der Waals surface area contributed by atoms with Crippen LogP contribution in [0.15, 0.2) is 24.3 Å². The standard InChI is InChI=1S/C18H20O4S/c1-9(19)21-13-7-8-14(22-10(2)20)16-15(13)17-11-5-3-4-6-12(11)18(16)23-17/h3-6,13-18H,7-8H2,1-2H3/t13?,14?,15-,16+,17-,18+. The van der Waals surface area contributed by atoms with Gasteiger partial charge < -0.3 is 9.47 Å². The number of ether oxygens (including phenoxy) is 2. The molecule has 23 heavy (non-hydrogen) atoms. The highest BCUT2D eigenvalue weighted by molar-refractivity contribution is 8.00. The van der Waals surface area contributed by atoms with Gasteiger partial charge in [-0.15, -0.1) is 11.8 Å². The third-order valence-corrected chi connectivity index (χ3v) is 7.00. The molecule has 1 aliphatic carbocycles. The van der Waals surface area contributed by atoms with Crippen LogP contribution >= 0.6 is 11.8 Å². The summed E-state index contributed by atoms with van der Waals surface area (Å²) in [5.74, 6) is 0.0327. The monoisotopic (exact) mass is 332 g/mol. The van der Waals surface area contributed by atoms with Gasteiger partial charge in [0.2, 0.25) is 0 Å². The Morgan fingerprint density at radius 1 is 0.913 bits per heavy atom. The molecule has 0 aromatic heterocycles. The molecular weight excluding hydrogens is 312 g/mol. The van der Waals surface area contributed by atoms with Crippen LogP contribution in [0.1, 0.15) is 48.3 Å². The smallest absolute Gasteiger partial charge is 0.302 e. The zero-order valence-electron chi connectivity index (χ0n) is 13.2. The lowest BCUT2D eigenvalue weighted by Crippen LogP contribution is -2.46. The van der Waals surface area contributed by atoms with Gasteiger partial charge in [0, 0.05) is 36.2 Å². The van der Waals surface area contributed by atoms with Gasteiger partial charge in [0.15, 0.2) is 0 Å². The van der Waals surface area contributed by atoms with Crippen LogP contribution in [0.4, 0.5) is 0 Å². The number of hydrogen-bond acceptors (Lipinski definition) is 5. The number of esters is 2. The minimum Gasteiger partial charge on any atom is -0.462 e. The maximum atomic E-state index is 11.5. The lowest BCUT2D eigenvalue weighted by atomic mass is 9.66. The summed E-state index contributed by atoms with van der Waals surface area (Å²) >= 11 is 1.94. The fourth-order valence-electron chi connectivity index (χ4n) is 4.63. The summed E-state index contributed by atoms with van der Waals surface area (Å²) < 4.78 is 11.3.